The van der Waals surface area contributed by atoms with E-state index in [2.05, 4.69) is 21.2 Å². The van der Waals surface area contributed by atoms with Gasteiger partial charge in [-0.25, -0.2) is 4.79 Å². The minimum atomic E-state index is -1.13. The van der Waals surface area contributed by atoms with Gasteiger partial charge in [0.1, 0.15) is 5.75 Å². The third kappa shape index (κ3) is 4.71. The van der Waals surface area contributed by atoms with E-state index in [1.807, 2.05) is 0 Å². The number of carboxylic acid groups (broad SMARTS) is 1. The molecule has 1 fully saturated rings. The number of ether oxygens (including phenoxy) is 2. The molecule has 7 heteroatoms. The summed E-state index contributed by atoms with van der Waals surface area (Å²) >= 11 is 3.29. The molecule has 1 amide bonds. The minimum absolute atomic E-state index is 0.0826. The Morgan fingerprint density at radius 1 is 1.43 bits per heavy atom. The van der Waals surface area contributed by atoms with Gasteiger partial charge in [-0.05, 0) is 30.7 Å². The number of halogens is 1. The molecule has 0 aliphatic carbocycles. The monoisotopic (exact) mass is 357 g/mol. The molecule has 1 aliphatic rings. The van der Waals surface area contributed by atoms with Crippen molar-refractivity contribution in [1.82, 2.24) is 5.32 Å². The van der Waals surface area contributed by atoms with Gasteiger partial charge in [-0.3, -0.25) is 4.79 Å². The molecule has 1 aromatic carbocycles. The molecule has 0 radical (unpaired) electrons. The topological polar surface area (TPSA) is 84.9 Å². The highest BCUT2D eigenvalue weighted by Crippen LogP contribution is 2.17. The van der Waals surface area contributed by atoms with E-state index in [0.717, 1.165) is 4.47 Å². The molecule has 0 bridgehead atoms. The second-order valence-corrected chi connectivity index (χ2v) is 5.62. The SMILES string of the molecule is O=C(NCC(Oc1ccc(Br)cc1)C(=O)O)C1CCOC1. The quantitative estimate of drug-likeness (QED) is 0.804. The predicted molar refractivity (Wildman–Crippen MR) is 78.1 cm³/mol. The fraction of sp³-hybridized carbons (Fsp3) is 0.429. The van der Waals surface area contributed by atoms with E-state index in [1.54, 1.807) is 24.3 Å². The van der Waals surface area contributed by atoms with Crippen molar-refractivity contribution >= 4 is 27.8 Å². The van der Waals surface area contributed by atoms with Crippen LogP contribution < -0.4 is 10.1 Å². The number of nitrogens with one attached hydrogen (secondary N) is 1. The van der Waals surface area contributed by atoms with Crippen molar-refractivity contribution < 1.29 is 24.2 Å². The van der Waals surface area contributed by atoms with Crippen molar-refractivity contribution in [3.63, 3.8) is 0 Å². The first-order chi connectivity index (χ1) is 10.1. The molecule has 2 N–H and O–H groups in total. The molecule has 1 aromatic rings. The van der Waals surface area contributed by atoms with Gasteiger partial charge in [-0.2, -0.15) is 0 Å². The van der Waals surface area contributed by atoms with Gasteiger partial charge in [0, 0.05) is 11.1 Å². The van der Waals surface area contributed by atoms with E-state index >= 15 is 0 Å². The summed E-state index contributed by atoms with van der Waals surface area (Å²) < 4.78 is 11.4. The third-order valence-electron chi connectivity index (χ3n) is 3.13. The van der Waals surface area contributed by atoms with E-state index in [9.17, 15) is 9.59 Å². The van der Waals surface area contributed by atoms with Gasteiger partial charge in [0.25, 0.3) is 0 Å². The van der Waals surface area contributed by atoms with Gasteiger partial charge in [0.05, 0.1) is 19.1 Å². The van der Waals surface area contributed by atoms with Crippen molar-refractivity contribution in [2.45, 2.75) is 12.5 Å². The normalized spacial score (nSPS) is 19.0. The Hall–Kier alpha value is -1.60. The Labute approximate surface area is 130 Å². The standard InChI is InChI=1S/C14H16BrNO5/c15-10-1-3-11(4-2-10)21-12(14(18)19)7-16-13(17)9-5-6-20-8-9/h1-4,9,12H,5-8H2,(H,16,17)(H,18,19). The summed E-state index contributed by atoms with van der Waals surface area (Å²) in [6, 6.07) is 6.82. The molecule has 21 heavy (non-hydrogen) atoms. The number of aliphatic carboxylic acids is 1. The molecule has 0 aromatic heterocycles. The zero-order valence-electron chi connectivity index (χ0n) is 11.3. The van der Waals surface area contributed by atoms with Crippen LogP contribution in [0.3, 0.4) is 0 Å². The maximum Gasteiger partial charge on any atom is 0.346 e. The van der Waals surface area contributed by atoms with Gasteiger partial charge in [-0.15, -0.1) is 0 Å². The molecule has 1 heterocycles. The fourth-order valence-corrected chi connectivity index (χ4v) is 2.20. The van der Waals surface area contributed by atoms with Crippen LogP contribution in [0.5, 0.6) is 5.75 Å². The molecule has 0 saturated carbocycles. The van der Waals surface area contributed by atoms with Gasteiger partial charge >= 0.3 is 5.97 Å². The van der Waals surface area contributed by atoms with Gasteiger partial charge in [0.15, 0.2) is 0 Å². The minimum Gasteiger partial charge on any atom is -0.478 e. The average Bonchev–Trinajstić information content (AvgIpc) is 2.99. The summed E-state index contributed by atoms with van der Waals surface area (Å²) in [6.07, 6.45) is -0.464. The number of benzene rings is 1. The second kappa shape index (κ2) is 7.42. The summed E-state index contributed by atoms with van der Waals surface area (Å²) in [4.78, 5) is 23.0. The first-order valence-corrected chi connectivity index (χ1v) is 7.36. The average molecular weight is 358 g/mol. The van der Waals surface area contributed by atoms with E-state index in [1.165, 1.54) is 0 Å². The lowest BCUT2D eigenvalue weighted by Gasteiger charge is -2.17. The lowest BCUT2D eigenvalue weighted by molar-refractivity contribution is -0.145. The number of hydrogen-bond donors (Lipinski definition) is 2. The van der Waals surface area contributed by atoms with Crippen LogP contribution in [0, 0.1) is 5.92 Å². The molecule has 2 atom stereocenters. The number of carboxylic acids is 1. The summed E-state index contributed by atoms with van der Waals surface area (Å²) in [7, 11) is 0. The van der Waals surface area contributed by atoms with Crippen LogP contribution in [0.2, 0.25) is 0 Å². The van der Waals surface area contributed by atoms with Gasteiger partial charge in [0.2, 0.25) is 12.0 Å². The summed E-state index contributed by atoms with van der Waals surface area (Å²) in [5.74, 6) is -1.09. The molecule has 1 saturated heterocycles. The lowest BCUT2D eigenvalue weighted by Crippen LogP contribution is -2.42. The molecular weight excluding hydrogens is 342 g/mol. The summed E-state index contributed by atoms with van der Waals surface area (Å²) in [5, 5.41) is 11.8. The maximum absolute atomic E-state index is 11.8. The molecule has 2 unspecified atom stereocenters. The van der Waals surface area contributed by atoms with Crippen LogP contribution in [0.15, 0.2) is 28.7 Å². The second-order valence-electron chi connectivity index (χ2n) is 4.70. The maximum atomic E-state index is 11.8. The third-order valence-corrected chi connectivity index (χ3v) is 3.66. The van der Waals surface area contributed by atoms with E-state index < -0.39 is 12.1 Å². The highest BCUT2D eigenvalue weighted by molar-refractivity contribution is 9.10. The predicted octanol–water partition coefficient (Wildman–Crippen LogP) is 1.43. The zero-order chi connectivity index (χ0) is 15.2. The number of carbonyl (C=O) groups is 2. The van der Waals surface area contributed by atoms with Crippen molar-refractivity contribution in [3.8, 4) is 5.75 Å². The number of carbonyl (C=O) groups excluding carboxylic acids is 1. The van der Waals surface area contributed by atoms with Gasteiger partial charge in [-0.1, -0.05) is 15.9 Å². The summed E-state index contributed by atoms with van der Waals surface area (Å²) in [6.45, 7) is 0.869. The fourth-order valence-electron chi connectivity index (χ4n) is 1.94. The first kappa shape index (κ1) is 15.8. The van der Waals surface area contributed by atoms with Crippen LogP contribution in [-0.4, -0.2) is 42.8 Å². The number of amides is 1. The molecular formula is C14H16BrNO5. The van der Waals surface area contributed by atoms with Gasteiger partial charge < -0.3 is 19.9 Å². The Bertz CT molecular complexity index is 499. The van der Waals surface area contributed by atoms with Crippen molar-refractivity contribution in [2.24, 2.45) is 5.92 Å². The Balaban J connectivity index is 1.88. The van der Waals surface area contributed by atoms with Crippen LogP contribution in [0.1, 0.15) is 6.42 Å². The Kier molecular flexibility index (Phi) is 5.58. The Morgan fingerprint density at radius 3 is 2.71 bits per heavy atom. The van der Waals surface area contributed by atoms with E-state index in [4.69, 9.17) is 14.6 Å². The molecule has 2 rings (SSSR count). The van der Waals surface area contributed by atoms with Crippen molar-refractivity contribution in [3.05, 3.63) is 28.7 Å². The van der Waals surface area contributed by atoms with E-state index in [0.29, 0.717) is 25.4 Å². The van der Waals surface area contributed by atoms with Crippen molar-refractivity contribution in [1.29, 1.82) is 0 Å². The van der Waals surface area contributed by atoms with Crippen LogP contribution in [0.4, 0.5) is 0 Å². The zero-order valence-corrected chi connectivity index (χ0v) is 12.8. The van der Waals surface area contributed by atoms with Crippen molar-refractivity contribution in [2.75, 3.05) is 19.8 Å². The highest BCUT2D eigenvalue weighted by Gasteiger charge is 2.26. The molecule has 0 spiro atoms. The first-order valence-electron chi connectivity index (χ1n) is 6.57. The highest BCUT2D eigenvalue weighted by atomic mass is 79.9. The molecule has 6 nitrogen and oxygen atoms in total. The van der Waals surface area contributed by atoms with Crippen LogP contribution in [0.25, 0.3) is 0 Å². The number of hydrogen-bond acceptors (Lipinski definition) is 4. The smallest absolute Gasteiger partial charge is 0.346 e. The van der Waals surface area contributed by atoms with Crippen LogP contribution in [-0.2, 0) is 14.3 Å². The lowest BCUT2D eigenvalue weighted by atomic mass is 10.1. The van der Waals surface area contributed by atoms with Crippen LogP contribution >= 0.6 is 15.9 Å². The summed E-state index contributed by atoms with van der Waals surface area (Å²) in [5.41, 5.74) is 0. The van der Waals surface area contributed by atoms with E-state index in [-0.39, 0.29) is 18.4 Å². The molecule has 114 valence electrons. The Morgan fingerprint density at radius 2 is 2.14 bits per heavy atom. The number of rotatable bonds is 6. The molecule has 1 aliphatic heterocycles. The largest absolute Gasteiger partial charge is 0.478 e.